The minimum absolute atomic E-state index is 0.0512. The molecule has 0 aliphatic carbocycles. The van der Waals surface area contributed by atoms with Crippen molar-refractivity contribution in [1.82, 2.24) is 0 Å². The molecular weight excluding hydrogens is 324 g/mol. The fraction of sp³-hybridized carbons (Fsp3) is 0.278. The molecule has 2 rings (SSSR count). The van der Waals surface area contributed by atoms with E-state index in [4.69, 9.17) is 4.74 Å². The number of hydrogen-bond acceptors (Lipinski definition) is 6. The maximum absolute atomic E-state index is 11.9. The molecule has 1 atom stereocenters. The normalized spacial score (nSPS) is 11.6. The lowest BCUT2D eigenvalue weighted by Crippen LogP contribution is -2.16. The van der Waals surface area contributed by atoms with Crippen molar-refractivity contribution >= 4 is 17.3 Å². The molecule has 2 aromatic rings. The lowest BCUT2D eigenvalue weighted by molar-refractivity contribution is -0.384. The minimum atomic E-state index is -0.632. The Morgan fingerprint density at radius 2 is 1.96 bits per heavy atom. The fourth-order valence-electron chi connectivity index (χ4n) is 2.20. The number of carbonyl (C=O) groups excluding carboxylic acids is 1. The Kier molecular flexibility index (Phi) is 6.47. The lowest BCUT2D eigenvalue weighted by atomic mass is 10.1. The molecule has 132 valence electrons. The van der Waals surface area contributed by atoms with Crippen LogP contribution in [0.25, 0.3) is 0 Å². The molecule has 7 nitrogen and oxygen atoms in total. The third-order valence-corrected chi connectivity index (χ3v) is 3.44. The number of aliphatic hydroxyl groups excluding tert-OH is 1. The summed E-state index contributed by atoms with van der Waals surface area (Å²) in [6.07, 6.45) is -0.683. The van der Waals surface area contributed by atoms with Gasteiger partial charge in [0.2, 0.25) is 0 Å². The van der Waals surface area contributed by atoms with Gasteiger partial charge in [-0.05, 0) is 24.1 Å². The van der Waals surface area contributed by atoms with E-state index in [1.165, 1.54) is 12.1 Å². The first-order valence-corrected chi connectivity index (χ1v) is 7.84. The Balaban J connectivity index is 2.00. The second-order valence-electron chi connectivity index (χ2n) is 5.66. The molecule has 0 aliphatic heterocycles. The highest BCUT2D eigenvalue weighted by Crippen LogP contribution is 2.26. The first kappa shape index (κ1) is 18.4. The zero-order chi connectivity index (χ0) is 18.2. The average molecular weight is 344 g/mol. The highest BCUT2D eigenvalue weighted by molar-refractivity contribution is 5.74. The van der Waals surface area contributed by atoms with Crippen molar-refractivity contribution in [2.24, 2.45) is 0 Å². The van der Waals surface area contributed by atoms with Gasteiger partial charge >= 0.3 is 5.97 Å². The van der Waals surface area contributed by atoms with Gasteiger partial charge in [-0.25, -0.2) is 0 Å². The van der Waals surface area contributed by atoms with Crippen LogP contribution in [0.1, 0.15) is 18.1 Å². The van der Waals surface area contributed by atoms with Gasteiger partial charge in [0.15, 0.2) is 0 Å². The van der Waals surface area contributed by atoms with E-state index in [-0.39, 0.29) is 25.3 Å². The van der Waals surface area contributed by atoms with Crippen LogP contribution in [0.2, 0.25) is 0 Å². The zero-order valence-corrected chi connectivity index (χ0v) is 13.8. The number of nitro groups is 1. The van der Waals surface area contributed by atoms with Crippen LogP contribution in [-0.2, 0) is 22.6 Å². The van der Waals surface area contributed by atoms with E-state index in [1.54, 1.807) is 13.0 Å². The Bertz CT molecular complexity index is 732. The monoisotopic (exact) mass is 344 g/mol. The summed E-state index contributed by atoms with van der Waals surface area (Å²) >= 11 is 0. The number of hydrogen-bond donors (Lipinski definition) is 2. The highest BCUT2D eigenvalue weighted by Gasteiger charge is 2.16. The van der Waals surface area contributed by atoms with Crippen LogP contribution in [0.3, 0.4) is 0 Å². The molecular formula is C18H20N2O5. The minimum Gasteiger partial charge on any atom is -0.461 e. The Labute approximate surface area is 145 Å². The van der Waals surface area contributed by atoms with Gasteiger partial charge in [-0.2, -0.15) is 0 Å². The predicted octanol–water partition coefficient (Wildman–Crippen LogP) is 2.67. The highest BCUT2D eigenvalue weighted by atomic mass is 16.6. The number of ether oxygens (including phenoxy) is 1. The van der Waals surface area contributed by atoms with Crippen molar-refractivity contribution in [1.29, 1.82) is 0 Å². The van der Waals surface area contributed by atoms with Gasteiger partial charge in [0.1, 0.15) is 12.3 Å². The van der Waals surface area contributed by atoms with Crippen LogP contribution >= 0.6 is 0 Å². The van der Waals surface area contributed by atoms with E-state index in [1.807, 2.05) is 30.3 Å². The summed E-state index contributed by atoms with van der Waals surface area (Å²) in [6.45, 7) is 1.94. The van der Waals surface area contributed by atoms with Gasteiger partial charge in [0.25, 0.3) is 5.69 Å². The molecule has 0 aliphatic rings. The molecule has 0 saturated heterocycles. The van der Waals surface area contributed by atoms with Crippen LogP contribution in [0.4, 0.5) is 11.4 Å². The van der Waals surface area contributed by atoms with E-state index in [2.05, 4.69) is 5.32 Å². The molecule has 0 bridgehead atoms. The molecule has 0 saturated carbocycles. The third kappa shape index (κ3) is 5.89. The molecule has 0 amide bonds. The molecule has 0 radical (unpaired) electrons. The van der Waals surface area contributed by atoms with Gasteiger partial charge in [0.05, 0.1) is 17.4 Å². The van der Waals surface area contributed by atoms with Gasteiger partial charge in [-0.15, -0.1) is 0 Å². The van der Waals surface area contributed by atoms with Crippen molar-refractivity contribution in [3.05, 3.63) is 69.8 Å². The molecule has 0 spiro atoms. The quantitative estimate of drug-likeness (QED) is 0.434. The molecule has 0 fully saturated rings. The molecule has 0 heterocycles. The van der Waals surface area contributed by atoms with Crippen molar-refractivity contribution in [3.63, 3.8) is 0 Å². The van der Waals surface area contributed by atoms with E-state index in [9.17, 15) is 20.0 Å². The summed E-state index contributed by atoms with van der Waals surface area (Å²) in [5.41, 5.74) is 1.52. The van der Waals surface area contributed by atoms with Crippen molar-refractivity contribution in [3.8, 4) is 0 Å². The van der Waals surface area contributed by atoms with Crippen molar-refractivity contribution < 1.29 is 19.6 Å². The fourth-order valence-corrected chi connectivity index (χ4v) is 2.20. The number of nitrogens with zero attached hydrogens (tertiary/aromatic N) is 1. The van der Waals surface area contributed by atoms with Gasteiger partial charge in [-0.3, -0.25) is 14.9 Å². The van der Waals surface area contributed by atoms with E-state index < -0.39 is 17.0 Å². The Morgan fingerprint density at radius 3 is 2.60 bits per heavy atom. The smallest absolute Gasteiger partial charge is 0.310 e. The van der Waals surface area contributed by atoms with Crippen LogP contribution in [0, 0.1) is 10.1 Å². The number of benzene rings is 2. The van der Waals surface area contributed by atoms with Gasteiger partial charge in [0, 0.05) is 12.6 Å². The third-order valence-electron chi connectivity index (χ3n) is 3.44. The maximum atomic E-state index is 11.9. The first-order valence-electron chi connectivity index (χ1n) is 7.84. The summed E-state index contributed by atoms with van der Waals surface area (Å²) in [5.74, 6) is -0.456. The number of nitrogens with one attached hydrogen (secondary N) is 1. The molecule has 7 heteroatoms. The Hall–Kier alpha value is -2.93. The maximum Gasteiger partial charge on any atom is 0.310 e. The summed E-state index contributed by atoms with van der Waals surface area (Å²) in [7, 11) is 0. The summed E-state index contributed by atoms with van der Waals surface area (Å²) in [4.78, 5) is 22.6. The first-order chi connectivity index (χ1) is 12.0. The molecule has 0 aromatic heterocycles. The van der Waals surface area contributed by atoms with Gasteiger partial charge < -0.3 is 15.2 Å². The number of anilines is 1. The second-order valence-corrected chi connectivity index (χ2v) is 5.66. The lowest BCUT2D eigenvalue weighted by Gasteiger charge is -2.10. The standard InChI is InChI=1S/C18H20N2O5/c1-13(21)11-19-16-8-7-15(9-17(16)20(23)24)10-18(22)25-12-14-5-3-2-4-6-14/h2-9,13,19,21H,10-12H2,1H3/t13-/m0/s1. The molecule has 0 unspecified atom stereocenters. The van der Waals surface area contributed by atoms with Crippen molar-refractivity contribution in [2.45, 2.75) is 26.1 Å². The van der Waals surface area contributed by atoms with Crippen LogP contribution in [0.5, 0.6) is 0 Å². The largest absolute Gasteiger partial charge is 0.461 e. The number of rotatable bonds is 8. The van der Waals surface area contributed by atoms with Crippen LogP contribution in [-0.4, -0.2) is 28.6 Å². The van der Waals surface area contributed by atoms with E-state index in [0.717, 1.165) is 5.56 Å². The van der Waals surface area contributed by atoms with Crippen LogP contribution < -0.4 is 5.32 Å². The number of carbonyl (C=O) groups is 1. The summed E-state index contributed by atoms with van der Waals surface area (Å²) in [5, 5.41) is 23.3. The number of esters is 1. The zero-order valence-electron chi connectivity index (χ0n) is 13.8. The SMILES string of the molecule is C[C@H](O)CNc1ccc(CC(=O)OCc2ccccc2)cc1[N+](=O)[O-]. The predicted molar refractivity (Wildman–Crippen MR) is 93.2 cm³/mol. The van der Waals surface area contributed by atoms with E-state index in [0.29, 0.717) is 11.3 Å². The average Bonchev–Trinajstić information content (AvgIpc) is 2.59. The Morgan fingerprint density at radius 1 is 1.24 bits per heavy atom. The summed E-state index contributed by atoms with van der Waals surface area (Å²) < 4.78 is 5.18. The number of nitro benzene ring substituents is 1. The number of aliphatic hydroxyl groups is 1. The molecule has 2 N–H and O–H groups in total. The summed E-state index contributed by atoms with van der Waals surface area (Å²) in [6, 6.07) is 13.8. The van der Waals surface area contributed by atoms with Gasteiger partial charge in [-0.1, -0.05) is 36.4 Å². The van der Waals surface area contributed by atoms with E-state index >= 15 is 0 Å². The molecule has 2 aromatic carbocycles. The topological polar surface area (TPSA) is 102 Å². The van der Waals surface area contributed by atoms with Crippen LogP contribution in [0.15, 0.2) is 48.5 Å². The van der Waals surface area contributed by atoms with Crippen molar-refractivity contribution in [2.75, 3.05) is 11.9 Å². The second kappa shape index (κ2) is 8.79. The molecule has 25 heavy (non-hydrogen) atoms.